The maximum atomic E-state index is 12.8. The lowest BCUT2D eigenvalue weighted by atomic mass is 10.1. The van der Waals surface area contributed by atoms with E-state index in [0.717, 1.165) is 16.9 Å². The zero-order chi connectivity index (χ0) is 22.4. The summed E-state index contributed by atoms with van der Waals surface area (Å²) in [4.78, 5) is 22.3. The number of thioether (sulfide) groups is 1. The molecular weight excluding hydrogens is 414 g/mol. The van der Waals surface area contributed by atoms with Gasteiger partial charge in [0.25, 0.3) is 5.56 Å². The average molecular weight is 442 g/mol. The molecule has 31 heavy (non-hydrogen) atoms. The molecule has 0 spiro atoms. The predicted molar refractivity (Wildman–Crippen MR) is 124 cm³/mol. The topological polar surface area (TPSA) is 76.7 Å². The first-order valence-electron chi connectivity index (χ1n) is 9.72. The minimum Gasteiger partial charge on any atom is -0.497 e. The summed E-state index contributed by atoms with van der Waals surface area (Å²) in [5.74, 6) is 2.77. The summed E-state index contributed by atoms with van der Waals surface area (Å²) < 4.78 is 16.0. The van der Waals surface area contributed by atoms with Gasteiger partial charge in [-0.25, -0.2) is 4.98 Å². The van der Waals surface area contributed by atoms with E-state index in [1.54, 1.807) is 26.2 Å². The Morgan fingerprint density at radius 1 is 0.968 bits per heavy atom. The molecule has 0 unspecified atom stereocenters. The van der Waals surface area contributed by atoms with Crippen LogP contribution in [0.15, 0.2) is 52.4 Å². The predicted octanol–water partition coefficient (Wildman–Crippen LogP) is 3.74. The van der Waals surface area contributed by atoms with Crippen molar-refractivity contribution < 1.29 is 14.2 Å². The van der Waals surface area contributed by atoms with Gasteiger partial charge in [-0.2, -0.15) is 0 Å². The molecule has 0 saturated carbocycles. The summed E-state index contributed by atoms with van der Waals surface area (Å²) in [6, 6.07) is 13.6. The lowest BCUT2D eigenvalue weighted by molar-refractivity contribution is 0.354. The quantitative estimate of drug-likeness (QED) is 0.400. The summed E-state index contributed by atoms with van der Waals surface area (Å²) in [6.07, 6.45) is 0.491. The van der Waals surface area contributed by atoms with Gasteiger partial charge in [-0.15, -0.1) is 0 Å². The zero-order valence-corrected chi connectivity index (χ0v) is 19.2. The minimum atomic E-state index is -0.163. The van der Waals surface area contributed by atoms with E-state index < -0.39 is 0 Å². The number of hydrogen-bond donors (Lipinski definition) is 1. The Kier molecular flexibility index (Phi) is 7.46. The highest BCUT2D eigenvalue weighted by molar-refractivity contribution is 7.98. The van der Waals surface area contributed by atoms with Gasteiger partial charge in [0.05, 0.1) is 27.0 Å². The first-order chi connectivity index (χ1) is 14.9. The highest BCUT2D eigenvalue weighted by atomic mass is 32.2. The van der Waals surface area contributed by atoms with Crippen LogP contribution in [0, 0.1) is 0 Å². The Morgan fingerprint density at radius 2 is 1.74 bits per heavy atom. The normalized spacial score (nSPS) is 10.6. The second kappa shape index (κ2) is 10.3. The number of ether oxygens (including phenoxy) is 3. The molecule has 7 nitrogen and oxygen atoms in total. The molecule has 0 atom stereocenters. The van der Waals surface area contributed by atoms with Crippen molar-refractivity contribution in [2.45, 2.75) is 17.3 Å². The Bertz CT molecular complexity index is 1100. The Hall–Kier alpha value is -3.13. The number of aromatic amines is 1. The molecule has 0 saturated heterocycles. The van der Waals surface area contributed by atoms with Crippen LogP contribution in [-0.2, 0) is 12.2 Å². The molecule has 164 valence electrons. The van der Waals surface area contributed by atoms with Crippen LogP contribution in [0.2, 0.25) is 0 Å². The Morgan fingerprint density at radius 3 is 2.42 bits per heavy atom. The van der Waals surface area contributed by atoms with Crippen LogP contribution in [0.5, 0.6) is 17.2 Å². The minimum absolute atomic E-state index is 0.163. The maximum absolute atomic E-state index is 12.8. The molecule has 0 aliphatic heterocycles. The number of nitrogens with one attached hydrogen (secondary N) is 1. The summed E-state index contributed by atoms with van der Waals surface area (Å²) >= 11 is 1.48. The van der Waals surface area contributed by atoms with Crippen LogP contribution in [0.25, 0.3) is 0 Å². The highest BCUT2D eigenvalue weighted by Crippen LogP contribution is 2.29. The van der Waals surface area contributed by atoms with E-state index in [0.29, 0.717) is 40.2 Å². The fraction of sp³-hybridized carbons (Fsp3) is 0.304. The van der Waals surface area contributed by atoms with Crippen molar-refractivity contribution in [3.05, 3.63) is 69.6 Å². The first kappa shape index (κ1) is 22.6. The first-order valence-corrected chi connectivity index (χ1v) is 10.7. The van der Waals surface area contributed by atoms with Crippen LogP contribution in [0.1, 0.15) is 16.8 Å². The van der Waals surface area contributed by atoms with E-state index in [-0.39, 0.29) is 5.56 Å². The van der Waals surface area contributed by atoms with Crippen molar-refractivity contribution in [1.29, 1.82) is 0 Å². The van der Waals surface area contributed by atoms with Crippen LogP contribution < -0.4 is 24.7 Å². The standard InChI is InChI=1S/C23H27N3O4S/c1-26(2)21-18(12-15-9-10-19(29-4)20(13-15)30-5)24-23(25-22(21)27)31-14-16-7-6-8-17(11-16)28-3/h6-11,13H,12,14H2,1-5H3,(H,24,25,27). The molecule has 8 heteroatoms. The third-order valence-electron chi connectivity index (χ3n) is 4.72. The zero-order valence-electron chi connectivity index (χ0n) is 18.4. The van der Waals surface area contributed by atoms with Gasteiger partial charge >= 0.3 is 0 Å². The van der Waals surface area contributed by atoms with Crippen molar-refractivity contribution in [2.24, 2.45) is 0 Å². The van der Waals surface area contributed by atoms with Gasteiger partial charge in [-0.3, -0.25) is 9.78 Å². The average Bonchev–Trinajstić information content (AvgIpc) is 2.77. The van der Waals surface area contributed by atoms with Gasteiger partial charge in [0.15, 0.2) is 16.7 Å². The van der Waals surface area contributed by atoms with Crippen LogP contribution in [0.3, 0.4) is 0 Å². The fourth-order valence-corrected chi connectivity index (χ4v) is 4.06. The van der Waals surface area contributed by atoms with E-state index in [9.17, 15) is 4.79 Å². The number of nitrogens with zero attached hydrogens (tertiary/aromatic N) is 2. The van der Waals surface area contributed by atoms with E-state index >= 15 is 0 Å². The number of H-pyrrole nitrogens is 1. The third kappa shape index (κ3) is 5.52. The molecule has 2 aromatic carbocycles. The molecular formula is C23H27N3O4S. The summed E-state index contributed by atoms with van der Waals surface area (Å²) in [5, 5.41) is 0.578. The lowest BCUT2D eigenvalue weighted by Crippen LogP contribution is -2.24. The fourth-order valence-electron chi connectivity index (χ4n) is 3.24. The second-order valence-electron chi connectivity index (χ2n) is 7.07. The summed E-state index contributed by atoms with van der Waals surface area (Å²) in [5.41, 5.74) is 3.14. The molecule has 0 amide bonds. The van der Waals surface area contributed by atoms with Gasteiger partial charge in [0.2, 0.25) is 0 Å². The van der Waals surface area contributed by atoms with Gasteiger partial charge in [0.1, 0.15) is 11.4 Å². The maximum Gasteiger partial charge on any atom is 0.275 e. The molecule has 1 heterocycles. The van der Waals surface area contributed by atoms with Crippen molar-refractivity contribution >= 4 is 17.4 Å². The molecule has 0 fully saturated rings. The highest BCUT2D eigenvalue weighted by Gasteiger charge is 2.16. The largest absolute Gasteiger partial charge is 0.497 e. The second-order valence-corrected chi connectivity index (χ2v) is 8.03. The van der Waals surface area contributed by atoms with Crippen molar-refractivity contribution in [3.63, 3.8) is 0 Å². The van der Waals surface area contributed by atoms with Crippen LogP contribution in [0.4, 0.5) is 5.69 Å². The molecule has 0 bridgehead atoms. The molecule has 1 N–H and O–H groups in total. The van der Waals surface area contributed by atoms with Gasteiger partial charge in [-0.05, 0) is 35.4 Å². The van der Waals surface area contributed by atoms with Gasteiger partial charge in [0, 0.05) is 26.3 Å². The van der Waals surface area contributed by atoms with E-state index in [1.807, 2.05) is 56.6 Å². The number of aromatic nitrogens is 2. The van der Waals surface area contributed by atoms with E-state index in [2.05, 4.69) is 4.98 Å². The molecule has 3 aromatic rings. The van der Waals surface area contributed by atoms with Crippen molar-refractivity contribution in [3.8, 4) is 17.2 Å². The number of methoxy groups -OCH3 is 3. The molecule has 0 aliphatic rings. The van der Waals surface area contributed by atoms with E-state index in [1.165, 1.54) is 11.8 Å². The molecule has 0 radical (unpaired) electrons. The monoisotopic (exact) mass is 441 g/mol. The Balaban J connectivity index is 1.89. The molecule has 3 rings (SSSR count). The number of benzene rings is 2. The number of rotatable bonds is 9. The summed E-state index contributed by atoms with van der Waals surface area (Å²) in [7, 11) is 8.53. The smallest absolute Gasteiger partial charge is 0.275 e. The Labute approximate surface area is 186 Å². The SMILES string of the molecule is COc1cccc(CSc2nc(Cc3ccc(OC)c(OC)c3)c(N(C)C)c(=O)[nH]2)c1. The van der Waals surface area contributed by atoms with Gasteiger partial charge in [-0.1, -0.05) is 30.0 Å². The summed E-state index contributed by atoms with van der Waals surface area (Å²) in [6.45, 7) is 0. The molecule has 1 aromatic heterocycles. The number of anilines is 1. The van der Waals surface area contributed by atoms with Crippen molar-refractivity contribution in [2.75, 3.05) is 40.3 Å². The van der Waals surface area contributed by atoms with Crippen molar-refractivity contribution in [1.82, 2.24) is 9.97 Å². The van der Waals surface area contributed by atoms with E-state index in [4.69, 9.17) is 19.2 Å². The third-order valence-corrected chi connectivity index (χ3v) is 5.67. The van der Waals surface area contributed by atoms with Gasteiger partial charge < -0.3 is 19.1 Å². The number of hydrogen-bond acceptors (Lipinski definition) is 7. The van der Waals surface area contributed by atoms with Crippen LogP contribution in [-0.4, -0.2) is 45.4 Å². The lowest BCUT2D eigenvalue weighted by Gasteiger charge is -2.17. The van der Waals surface area contributed by atoms with Crippen LogP contribution >= 0.6 is 11.8 Å². The molecule has 0 aliphatic carbocycles.